The second-order valence-electron chi connectivity index (χ2n) is 7.51. The number of likely N-dealkylation sites (N-methyl/N-ethyl adjacent to an activating group) is 1. The zero-order valence-electron chi connectivity index (χ0n) is 16.5. The van der Waals surface area contributed by atoms with Gasteiger partial charge in [-0.25, -0.2) is 0 Å². The van der Waals surface area contributed by atoms with Crippen LogP contribution in [0.4, 0.5) is 5.69 Å². The molecule has 0 spiro atoms. The molecule has 0 aliphatic heterocycles. The smallest absolute Gasteiger partial charge is 0.238 e. The Hall–Kier alpha value is -1.79. The van der Waals surface area contributed by atoms with E-state index >= 15 is 0 Å². The number of anilines is 1. The van der Waals surface area contributed by atoms with Crippen molar-refractivity contribution in [3.05, 3.63) is 23.2 Å². The molecular weight excluding hydrogens is 366 g/mol. The standard InChI is InChI=1S/C20H30ClN3O3/c1-13-6-5-7-16(14(13)2)22-19(25)11-24(3)12-20(26)23-17-10-15(21)8-9-18(17)27-4/h8-10,13-14,16H,5-7,11-12H2,1-4H3,(H,22,25)(H,23,26)/t13-,14+,16+/m0/s1. The number of halogens is 1. The monoisotopic (exact) mass is 395 g/mol. The van der Waals surface area contributed by atoms with Gasteiger partial charge in [0.2, 0.25) is 11.8 Å². The molecule has 0 bridgehead atoms. The largest absolute Gasteiger partial charge is 0.495 e. The first-order valence-corrected chi connectivity index (χ1v) is 9.79. The lowest BCUT2D eigenvalue weighted by Crippen LogP contribution is -2.47. The quantitative estimate of drug-likeness (QED) is 0.744. The van der Waals surface area contributed by atoms with E-state index in [0.717, 1.165) is 12.8 Å². The third-order valence-electron chi connectivity index (χ3n) is 5.32. The number of rotatable bonds is 7. The van der Waals surface area contributed by atoms with Gasteiger partial charge in [-0.1, -0.05) is 38.3 Å². The third-order valence-corrected chi connectivity index (χ3v) is 5.55. The molecule has 2 amide bonds. The van der Waals surface area contributed by atoms with Gasteiger partial charge in [0.15, 0.2) is 0 Å². The lowest BCUT2D eigenvalue weighted by Gasteiger charge is -2.34. The lowest BCUT2D eigenvalue weighted by molar-refractivity contribution is -0.124. The van der Waals surface area contributed by atoms with Gasteiger partial charge in [-0.05, 0) is 43.5 Å². The van der Waals surface area contributed by atoms with Gasteiger partial charge in [0.1, 0.15) is 5.75 Å². The SMILES string of the molecule is COc1ccc(Cl)cc1NC(=O)CN(C)CC(=O)N[C@@H]1CCC[C@H](C)[C@H]1C. The molecule has 1 aliphatic rings. The van der Waals surface area contributed by atoms with Gasteiger partial charge in [0.05, 0.1) is 25.9 Å². The Morgan fingerprint density at radius 2 is 1.93 bits per heavy atom. The zero-order valence-corrected chi connectivity index (χ0v) is 17.3. The number of hydrogen-bond acceptors (Lipinski definition) is 4. The van der Waals surface area contributed by atoms with Crippen LogP contribution in [0.2, 0.25) is 5.02 Å². The molecule has 1 aromatic carbocycles. The molecular formula is C20H30ClN3O3. The van der Waals surface area contributed by atoms with Crippen molar-refractivity contribution in [3.8, 4) is 5.75 Å². The Morgan fingerprint density at radius 1 is 1.22 bits per heavy atom. The van der Waals surface area contributed by atoms with Crippen molar-refractivity contribution in [3.63, 3.8) is 0 Å². The average molecular weight is 396 g/mol. The number of benzene rings is 1. The van der Waals surface area contributed by atoms with E-state index in [2.05, 4.69) is 24.5 Å². The van der Waals surface area contributed by atoms with Gasteiger partial charge >= 0.3 is 0 Å². The van der Waals surface area contributed by atoms with Crippen molar-refractivity contribution in [2.24, 2.45) is 11.8 Å². The van der Waals surface area contributed by atoms with E-state index in [9.17, 15) is 9.59 Å². The summed E-state index contributed by atoms with van der Waals surface area (Å²) >= 11 is 5.98. The van der Waals surface area contributed by atoms with Gasteiger partial charge in [-0.2, -0.15) is 0 Å². The van der Waals surface area contributed by atoms with Gasteiger partial charge in [0.25, 0.3) is 0 Å². The highest BCUT2D eigenvalue weighted by atomic mass is 35.5. The van der Waals surface area contributed by atoms with Crippen molar-refractivity contribution < 1.29 is 14.3 Å². The summed E-state index contributed by atoms with van der Waals surface area (Å²) in [5, 5.41) is 6.42. The molecule has 1 aliphatic carbocycles. The van der Waals surface area contributed by atoms with Gasteiger partial charge < -0.3 is 15.4 Å². The molecule has 1 aromatic rings. The Morgan fingerprint density at radius 3 is 2.63 bits per heavy atom. The topological polar surface area (TPSA) is 70.7 Å². The summed E-state index contributed by atoms with van der Waals surface area (Å²) in [4.78, 5) is 26.3. The molecule has 6 nitrogen and oxygen atoms in total. The fourth-order valence-electron chi connectivity index (χ4n) is 3.55. The predicted octanol–water partition coefficient (Wildman–Crippen LogP) is 3.16. The summed E-state index contributed by atoms with van der Waals surface area (Å²) in [5.41, 5.74) is 0.512. The van der Waals surface area contributed by atoms with Crippen molar-refractivity contribution in [1.82, 2.24) is 10.2 Å². The molecule has 1 fully saturated rings. The van der Waals surface area contributed by atoms with Crippen molar-refractivity contribution in [2.45, 2.75) is 39.2 Å². The van der Waals surface area contributed by atoms with Crippen molar-refractivity contribution in [1.29, 1.82) is 0 Å². The number of carbonyl (C=O) groups is 2. The number of ether oxygens (including phenoxy) is 1. The molecule has 7 heteroatoms. The molecule has 0 aromatic heterocycles. The van der Waals surface area contributed by atoms with Crippen LogP contribution in [-0.2, 0) is 9.59 Å². The maximum absolute atomic E-state index is 12.3. The molecule has 0 heterocycles. The second kappa shape index (κ2) is 9.95. The number of nitrogens with one attached hydrogen (secondary N) is 2. The first kappa shape index (κ1) is 21.5. The van der Waals surface area contributed by atoms with Crippen LogP contribution in [0.1, 0.15) is 33.1 Å². The van der Waals surface area contributed by atoms with Crippen LogP contribution in [0.3, 0.4) is 0 Å². The fourth-order valence-corrected chi connectivity index (χ4v) is 3.72. The Balaban J connectivity index is 1.82. The van der Waals surface area contributed by atoms with Crippen molar-refractivity contribution >= 4 is 29.1 Å². The minimum Gasteiger partial charge on any atom is -0.495 e. The van der Waals surface area contributed by atoms with E-state index in [1.54, 1.807) is 30.1 Å². The third kappa shape index (κ3) is 6.40. The Labute approximate surface area is 166 Å². The highest BCUT2D eigenvalue weighted by molar-refractivity contribution is 6.31. The maximum Gasteiger partial charge on any atom is 0.238 e. The molecule has 27 heavy (non-hydrogen) atoms. The summed E-state index contributed by atoms with van der Waals surface area (Å²) in [6.07, 6.45) is 3.40. The van der Waals surface area contributed by atoms with E-state index < -0.39 is 0 Å². The van der Waals surface area contributed by atoms with Crippen LogP contribution in [0.5, 0.6) is 5.75 Å². The Kier molecular flexibility index (Phi) is 7.92. The van der Waals surface area contributed by atoms with Crippen LogP contribution in [0.25, 0.3) is 0 Å². The molecule has 0 unspecified atom stereocenters. The fraction of sp³-hybridized carbons (Fsp3) is 0.600. The predicted molar refractivity (Wildman–Crippen MR) is 108 cm³/mol. The summed E-state index contributed by atoms with van der Waals surface area (Å²) in [7, 11) is 3.28. The van der Waals surface area contributed by atoms with Gasteiger partial charge in [-0.3, -0.25) is 14.5 Å². The van der Waals surface area contributed by atoms with E-state index in [1.807, 2.05) is 0 Å². The second-order valence-corrected chi connectivity index (χ2v) is 7.94. The minimum atomic E-state index is -0.231. The highest BCUT2D eigenvalue weighted by Gasteiger charge is 2.28. The first-order chi connectivity index (χ1) is 12.8. The summed E-state index contributed by atoms with van der Waals surface area (Å²) in [5.74, 6) is 1.36. The van der Waals surface area contributed by atoms with E-state index in [4.69, 9.17) is 16.3 Å². The van der Waals surface area contributed by atoms with E-state index in [1.165, 1.54) is 13.5 Å². The first-order valence-electron chi connectivity index (χ1n) is 9.41. The van der Waals surface area contributed by atoms with E-state index in [0.29, 0.717) is 28.3 Å². The molecule has 150 valence electrons. The highest BCUT2D eigenvalue weighted by Crippen LogP contribution is 2.29. The normalized spacial score (nSPS) is 22.4. The number of amides is 2. The molecule has 0 radical (unpaired) electrons. The van der Waals surface area contributed by atoms with Crippen LogP contribution in [0, 0.1) is 11.8 Å². The lowest BCUT2D eigenvalue weighted by atomic mass is 9.78. The molecule has 3 atom stereocenters. The van der Waals surface area contributed by atoms with Gasteiger partial charge in [-0.15, -0.1) is 0 Å². The zero-order chi connectivity index (χ0) is 20.0. The van der Waals surface area contributed by atoms with Crippen LogP contribution >= 0.6 is 11.6 Å². The van der Waals surface area contributed by atoms with Crippen LogP contribution < -0.4 is 15.4 Å². The average Bonchev–Trinajstić information content (AvgIpc) is 2.58. The summed E-state index contributed by atoms with van der Waals surface area (Å²) < 4.78 is 5.22. The molecule has 2 rings (SSSR count). The number of nitrogens with zero attached hydrogens (tertiary/aromatic N) is 1. The molecule has 2 N–H and O–H groups in total. The number of carbonyl (C=O) groups excluding carboxylic acids is 2. The minimum absolute atomic E-state index is 0.0448. The number of methoxy groups -OCH3 is 1. The van der Waals surface area contributed by atoms with E-state index in [-0.39, 0.29) is 30.9 Å². The number of hydrogen-bond donors (Lipinski definition) is 2. The summed E-state index contributed by atoms with van der Waals surface area (Å²) in [6.45, 7) is 4.71. The Bertz CT molecular complexity index is 668. The van der Waals surface area contributed by atoms with Gasteiger partial charge in [0, 0.05) is 11.1 Å². The van der Waals surface area contributed by atoms with Crippen LogP contribution in [0.15, 0.2) is 18.2 Å². The molecule has 0 saturated heterocycles. The van der Waals surface area contributed by atoms with Crippen molar-refractivity contribution in [2.75, 3.05) is 32.6 Å². The van der Waals surface area contributed by atoms with Crippen LogP contribution in [-0.4, -0.2) is 50.0 Å². The maximum atomic E-state index is 12.3. The summed E-state index contributed by atoms with van der Waals surface area (Å²) in [6, 6.07) is 5.25. The molecule has 1 saturated carbocycles.